The summed E-state index contributed by atoms with van der Waals surface area (Å²) in [6.45, 7) is 8.75. The van der Waals surface area contributed by atoms with Crippen molar-refractivity contribution in [2.24, 2.45) is 0 Å². The monoisotopic (exact) mass is 449 g/mol. The lowest BCUT2D eigenvalue weighted by Gasteiger charge is -2.29. The molecule has 0 saturated heterocycles. The second kappa shape index (κ2) is 9.88. The Labute approximate surface area is 182 Å². The number of sulfonamides is 1. The molecule has 2 rings (SSSR count). The van der Waals surface area contributed by atoms with Gasteiger partial charge >= 0.3 is 5.97 Å². The van der Waals surface area contributed by atoms with Crippen LogP contribution in [0.25, 0.3) is 5.57 Å². The van der Waals surface area contributed by atoms with Crippen LogP contribution in [0.3, 0.4) is 0 Å². The highest BCUT2D eigenvalue weighted by molar-refractivity contribution is 7.92. The molecular weight excluding hydrogens is 422 g/mol. The average molecular weight is 450 g/mol. The molecule has 10 heteroatoms. The highest BCUT2D eigenvalue weighted by Crippen LogP contribution is 2.36. The van der Waals surface area contributed by atoms with Crippen LogP contribution in [0.4, 0.5) is 5.69 Å². The lowest BCUT2D eigenvalue weighted by atomic mass is 9.85. The molecule has 1 aromatic carbocycles. The standard InChI is InChI=1S/C21H27N3O6S/c1-6-30-21(25)19-15(5)22-14(4)18(10-11-31(28,29)23-13(2)3)20(19)16-8-7-9-17(12-16)24(26)27/h7-13,15,22-23H,6H2,1-5H3. The van der Waals surface area contributed by atoms with E-state index < -0.39 is 27.0 Å². The Hall–Kier alpha value is -2.98. The molecule has 0 spiro atoms. The summed E-state index contributed by atoms with van der Waals surface area (Å²) in [6.07, 6.45) is 1.38. The van der Waals surface area contributed by atoms with Gasteiger partial charge in [-0.1, -0.05) is 12.1 Å². The Morgan fingerprint density at radius 3 is 2.65 bits per heavy atom. The van der Waals surface area contributed by atoms with Gasteiger partial charge in [-0.05, 0) is 46.3 Å². The summed E-state index contributed by atoms with van der Waals surface area (Å²) in [5.41, 5.74) is 1.98. The first-order chi connectivity index (χ1) is 14.5. The van der Waals surface area contributed by atoms with Crippen LogP contribution in [0.15, 0.2) is 52.6 Å². The molecule has 1 aliphatic rings. The number of allylic oxidation sites excluding steroid dienone is 4. The van der Waals surface area contributed by atoms with E-state index in [0.717, 1.165) is 5.41 Å². The Morgan fingerprint density at radius 2 is 2.06 bits per heavy atom. The van der Waals surface area contributed by atoms with Crippen molar-refractivity contribution in [2.75, 3.05) is 6.61 Å². The number of nitrogens with one attached hydrogen (secondary N) is 2. The number of hydrogen-bond donors (Lipinski definition) is 2. The van der Waals surface area contributed by atoms with E-state index in [9.17, 15) is 23.3 Å². The molecule has 0 aliphatic carbocycles. The fraction of sp³-hybridized carbons (Fsp3) is 0.381. The molecule has 0 bridgehead atoms. The summed E-state index contributed by atoms with van der Waals surface area (Å²) < 4.78 is 32.3. The number of nitro benzene ring substituents is 1. The van der Waals surface area contributed by atoms with Gasteiger partial charge in [0.25, 0.3) is 5.69 Å². The molecule has 9 nitrogen and oxygen atoms in total. The second-order valence-corrected chi connectivity index (χ2v) is 8.94. The van der Waals surface area contributed by atoms with Gasteiger partial charge < -0.3 is 10.1 Å². The Kier molecular flexibility index (Phi) is 7.75. The van der Waals surface area contributed by atoms with E-state index in [1.807, 2.05) is 0 Å². The van der Waals surface area contributed by atoms with Gasteiger partial charge in [-0.15, -0.1) is 0 Å². The molecule has 0 saturated carbocycles. The zero-order valence-electron chi connectivity index (χ0n) is 18.1. The van der Waals surface area contributed by atoms with Crippen LogP contribution in [0.5, 0.6) is 0 Å². The van der Waals surface area contributed by atoms with Crippen LogP contribution in [0.1, 0.15) is 40.2 Å². The van der Waals surface area contributed by atoms with Gasteiger partial charge in [-0.2, -0.15) is 0 Å². The lowest BCUT2D eigenvalue weighted by Crippen LogP contribution is -2.36. The second-order valence-electron chi connectivity index (χ2n) is 7.34. The maximum atomic E-state index is 12.8. The largest absolute Gasteiger partial charge is 0.463 e. The molecule has 0 amide bonds. The van der Waals surface area contributed by atoms with Crippen molar-refractivity contribution in [3.63, 3.8) is 0 Å². The minimum absolute atomic E-state index is 0.144. The number of non-ortho nitro benzene ring substituents is 1. The number of carbonyl (C=O) groups excluding carboxylic acids is 1. The molecular formula is C21H27N3O6S. The number of carbonyl (C=O) groups is 1. The van der Waals surface area contributed by atoms with Crippen molar-refractivity contribution in [2.45, 2.75) is 46.7 Å². The van der Waals surface area contributed by atoms with Crippen LogP contribution < -0.4 is 10.0 Å². The number of benzene rings is 1. The van der Waals surface area contributed by atoms with Crippen LogP contribution in [0, 0.1) is 10.1 Å². The number of esters is 1. The zero-order valence-corrected chi connectivity index (χ0v) is 18.9. The summed E-state index contributed by atoms with van der Waals surface area (Å²) >= 11 is 0. The molecule has 1 heterocycles. The van der Waals surface area contributed by atoms with Crippen LogP contribution in [0.2, 0.25) is 0 Å². The summed E-state index contributed by atoms with van der Waals surface area (Å²) in [7, 11) is -3.73. The zero-order chi connectivity index (χ0) is 23.3. The molecule has 0 fully saturated rings. The first-order valence-electron chi connectivity index (χ1n) is 9.81. The first-order valence-corrected chi connectivity index (χ1v) is 11.4. The topological polar surface area (TPSA) is 128 Å². The Morgan fingerprint density at radius 1 is 1.39 bits per heavy atom. The van der Waals surface area contributed by atoms with Crippen LogP contribution in [-0.4, -0.2) is 38.0 Å². The molecule has 0 radical (unpaired) electrons. The molecule has 31 heavy (non-hydrogen) atoms. The van der Waals surface area contributed by atoms with Crippen molar-refractivity contribution in [3.05, 3.63) is 68.3 Å². The van der Waals surface area contributed by atoms with E-state index in [1.54, 1.807) is 40.7 Å². The van der Waals surface area contributed by atoms with E-state index in [4.69, 9.17) is 4.74 Å². The summed E-state index contributed by atoms with van der Waals surface area (Å²) in [6, 6.07) is 5.12. The summed E-state index contributed by atoms with van der Waals surface area (Å²) in [5, 5.41) is 15.5. The third-order valence-corrected chi connectivity index (χ3v) is 5.76. The van der Waals surface area contributed by atoms with Gasteiger partial charge in [0.1, 0.15) is 0 Å². The quantitative estimate of drug-likeness (QED) is 0.355. The molecule has 1 atom stereocenters. The Bertz CT molecular complexity index is 1070. The third kappa shape index (κ3) is 6.02. The highest BCUT2D eigenvalue weighted by atomic mass is 32.2. The number of rotatable bonds is 8. The number of dihydropyridines is 1. The average Bonchev–Trinajstić information content (AvgIpc) is 2.65. The first kappa shape index (κ1) is 24.3. The lowest BCUT2D eigenvalue weighted by molar-refractivity contribution is -0.384. The molecule has 2 N–H and O–H groups in total. The van der Waals surface area contributed by atoms with Gasteiger partial charge in [0.2, 0.25) is 10.0 Å². The van der Waals surface area contributed by atoms with Gasteiger partial charge in [-0.3, -0.25) is 10.1 Å². The highest BCUT2D eigenvalue weighted by Gasteiger charge is 2.31. The van der Waals surface area contributed by atoms with Crippen LogP contribution >= 0.6 is 0 Å². The molecule has 168 valence electrons. The van der Waals surface area contributed by atoms with E-state index in [1.165, 1.54) is 24.3 Å². The van der Waals surface area contributed by atoms with Crippen molar-refractivity contribution in [1.82, 2.24) is 10.0 Å². The maximum Gasteiger partial charge on any atom is 0.336 e. The predicted molar refractivity (Wildman–Crippen MR) is 118 cm³/mol. The fourth-order valence-corrected chi connectivity index (χ4v) is 4.38. The number of nitro groups is 1. The van der Waals surface area contributed by atoms with Crippen molar-refractivity contribution in [3.8, 4) is 0 Å². The fourth-order valence-electron chi connectivity index (χ4n) is 3.33. The van der Waals surface area contributed by atoms with Crippen molar-refractivity contribution < 1.29 is 22.9 Å². The Balaban J connectivity index is 2.74. The molecule has 1 aromatic rings. The van der Waals surface area contributed by atoms with Crippen molar-refractivity contribution >= 4 is 27.3 Å². The molecule has 1 aliphatic heterocycles. The van der Waals surface area contributed by atoms with E-state index in [0.29, 0.717) is 22.4 Å². The van der Waals surface area contributed by atoms with E-state index in [2.05, 4.69) is 10.0 Å². The number of hydrogen-bond acceptors (Lipinski definition) is 7. The maximum absolute atomic E-state index is 12.8. The normalized spacial score (nSPS) is 17.3. The molecule has 0 aromatic heterocycles. The smallest absolute Gasteiger partial charge is 0.336 e. The van der Waals surface area contributed by atoms with Crippen molar-refractivity contribution in [1.29, 1.82) is 0 Å². The number of ether oxygens (including phenoxy) is 1. The predicted octanol–water partition coefficient (Wildman–Crippen LogP) is 3.02. The summed E-state index contributed by atoms with van der Waals surface area (Å²) in [5.74, 6) is -0.578. The summed E-state index contributed by atoms with van der Waals surface area (Å²) in [4.78, 5) is 23.5. The minimum Gasteiger partial charge on any atom is -0.463 e. The molecule has 1 unspecified atom stereocenters. The van der Waals surface area contributed by atoms with Gasteiger partial charge in [0.05, 0.1) is 23.1 Å². The van der Waals surface area contributed by atoms with Crippen LogP contribution in [-0.2, 0) is 19.6 Å². The van der Waals surface area contributed by atoms with Gasteiger partial charge in [0, 0.05) is 40.4 Å². The van der Waals surface area contributed by atoms with E-state index >= 15 is 0 Å². The van der Waals surface area contributed by atoms with Gasteiger partial charge in [0.15, 0.2) is 0 Å². The minimum atomic E-state index is -3.73. The number of nitrogens with zero attached hydrogens (tertiary/aromatic N) is 1. The van der Waals surface area contributed by atoms with Gasteiger partial charge in [-0.25, -0.2) is 17.9 Å². The SMILES string of the molecule is CCOC(=O)C1=C(c2cccc([N+](=O)[O-])c2)C(C=CS(=O)(=O)NC(C)C)=C(C)NC1C. The third-order valence-electron chi connectivity index (χ3n) is 4.46. The van der Waals surface area contributed by atoms with E-state index in [-0.39, 0.29) is 23.9 Å².